The zero-order valence-electron chi connectivity index (χ0n) is 28.6. The first-order chi connectivity index (χ1) is 21.1. The van der Waals surface area contributed by atoms with Gasteiger partial charge in [0, 0.05) is 0 Å². The Kier molecular flexibility index (Phi) is 32.8. The topological polar surface area (TPSA) is 89.8 Å². The van der Waals surface area contributed by atoms with Crippen LogP contribution in [0.25, 0.3) is 0 Å². The fraction of sp³-hybridized carbons (Fsp3) is 0.868. The molecule has 4 N–H and O–H groups in total. The second-order valence-electron chi connectivity index (χ2n) is 12.8. The molecule has 3 unspecified atom stereocenters. The number of nitrogens with one attached hydrogen (secondary N) is 1. The van der Waals surface area contributed by atoms with Crippen LogP contribution in [0.2, 0.25) is 0 Å². The zero-order valence-corrected chi connectivity index (χ0v) is 28.6. The van der Waals surface area contributed by atoms with E-state index in [1.807, 2.05) is 6.08 Å². The van der Waals surface area contributed by atoms with E-state index < -0.39 is 24.2 Å². The van der Waals surface area contributed by atoms with Gasteiger partial charge in [-0.25, -0.2) is 0 Å². The average Bonchev–Trinajstić information content (AvgIpc) is 3.01. The van der Waals surface area contributed by atoms with Gasteiger partial charge in [0.15, 0.2) is 0 Å². The maximum absolute atomic E-state index is 12.4. The number of hydrogen-bond donors (Lipinski definition) is 4. The van der Waals surface area contributed by atoms with Gasteiger partial charge in [0.1, 0.15) is 6.10 Å². The van der Waals surface area contributed by atoms with Crippen molar-refractivity contribution in [3.63, 3.8) is 0 Å². The minimum atomic E-state index is -1.10. The molecule has 0 heterocycles. The third kappa shape index (κ3) is 29.3. The highest BCUT2D eigenvalue weighted by molar-refractivity contribution is 5.80. The molecule has 254 valence electrons. The fourth-order valence-corrected chi connectivity index (χ4v) is 5.53. The zero-order chi connectivity index (χ0) is 31.6. The predicted octanol–water partition coefficient (Wildman–Crippen LogP) is 9.87. The summed E-state index contributed by atoms with van der Waals surface area (Å²) in [6.07, 6.45) is 39.2. The van der Waals surface area contributed by atoms with Crippen molar-refractivity contribution < 1.29 is 20.1 Å². The first-order valence-corrected chi connectivity index (χ1v) is 18.7. The van der Waals surface area contributed by atoms with Crippen molar-refractivity contribution in [2.24, 2.45) is 0 Å². The number of amides is 1. The van der Waals surface area contributed by atoms with Crippen molar-refractivity contribution in [2.45, 2.75) is 205 Å². The Morgan fingerprint density at radius 3 is 1.35 bits per heavy atom. The summed E-state index contributed by atoms with van der Waals surface area (Å²) in [7, 11) is 0. The van der Waals surface area contributed by atoms with Gasteiger partial charge in [0.05, 0.1) is 18.8 Å². The van der Waals surface area contributed by atoms with Gasteiger partial charge in [-0.1, -0.05) is 167 Å². The standard InChI is InChI=1S/C38H73NO4/c1-3-5-7-9-11-13-14-15-16-17-18-19-20-21-22-23-25-27-29-31-33-37(42)38(43)39-35(34-40)36(41)32-30-28-26-24-12-10-8-6-4-2/h19-20,30,32,35-37,40-42H,3-18,21-29,31,33-34H2,1-2H3,(H,39,43)/b20-19-,32-30+. The Bertz CT molecular complexity index is 635. The molecule has 0 saturated carbocycles. The second-order valence-corrected chi connectivity index (χ2v) is 12.8. The molecule has 3 atom stereocenters. The molecule has 5 nitrogen and oxygen atoms in total. The molecule has 0 fully saturated rings. The third-order valence-corrected chi connectivity index (χ3v) is 8.54. The fourth-order valence-electron chi connectivity index (χ4n) is 5.53. The monoisotopic (exact) mass is 608 g/mol. The van der Waals surface area contributed by atoms with Crippen molar-refractivity contribution in [2.75, 3.05) is 6.61 Å². The summed E-state index contributed by atoms with van der Waals surface area (Å²) in [5.74, 6) is -0.511. The van der Waals surface area contributed by atoms with E-state index in [1.165, 1.54) is 135 Å². The third-order valence-electron chi connectivity index (χ3n) is 8.54. The molecular weight excluding hydrogens is 534 g/mol. The van der Waals surface area contributed by atoms with Gasteiger partial charge in [-0.05, 0) is 44.9 Å². The Morgan fingerprint density at radius 2 is 0.930 bits per heavy atom. The van der Waals surface area contributed by atoms with Crippen molar-refractivity contribution in [3.8, 4) is 0 Å². The van der Waals surface area contributed by atoms with Crippen LogP contribution in [-0.2, 0) is 4.79 Å². The maximum Gasteiger partial charge on any atom is 0.249 e. The lowest BCUT2D eigenvalue weighted by molar-refractivity contribution is -0.131. The van der Waals surface area contributed by atoms with Crippen LogP contribution in [0.5, 0.6) is 0 Å². The summed E-state index contributed by atoms with van der Waals surface area (Å²) in [5.41, 5.74) is 0. The highest BCUT2D eigenvalue weighted by atomic mass is 16.3. The molecule has 0 radical (unpaired) electrons. The number of unbranched alkanes of at least 4 members (excludes halogenated alkanes) is 23. The van der Waals surface area contributed by atoms with Crippen LogP contribution >= 0.6 is 0 Å². The maximum atomic E-state index is 12.4. The normalized spacial score (nSPS) is 14.1. The van der Waals surface area contributed by atoms with Gasteiger partial charge in [0.25, 0.3) is 0 Å². The number of hydrogen-bond acceptors (Lipinski definition) is 4. The van der Waals surface area contributed by atoms with Crippen LogP contribution in [0.15, 0.2) is 24.3 Å². The summed E-state index contributed by atoms with van der Waals surface area (Å²) < 4.78 is 0. The van der Waals surface area contributed by atoms with Gasteiger partial charge in [0.2, 0.25) is 5.91 Å². The first-order valence-electron chi connectivity index (χ1n) is 18.7. The Hall–Kier alpha value is -1.17. The van der Waals surface area contributed by atoms with Crippen LogP contribution < -0.4 is 5.32 Å². The van der Waals surface area contributed by atoms with Crippen LogP contribution in [0.4, 0.5) is 0 Å². The molecule has 0 aromatic heterocycles. The minimum Gasteiger partial charge on any atom is -0.394 e. The minimum absolute atomic E-state index is 0.365. The number of rotatable bonds is 33. The lowest BCUT2D eigenvalue weighted by Crippen LogP contribution is -2.48. The highest BCUT2D eigenvalue weighted by Gasteiger charge is 2.22. The van der Waals surface area contributed by atoms with Crippen molar-refractivity contribution >= 4 is 5.91 Å². The predicted molar refractivity (Wildman–Crippen MR) is 185 cm³/mol. The second kappa shape index (κ2) is 33.7. The summed E-state index contributed by atoms with van der Waals surface area (Å²) in [4.78, 5) is 12.4. The average molecular weight is 608 g/mol. The summed E-state index contributed by atoms with van der Waals surface area (Å²) in [5, 5.41) is 32.8. The van der Waals surface area contributed by atoms with Gasteiger partial charge in [-0.3, -0.25) is 4.79 Å². The number of allylic oxidation sites excluding steroid dienone is 3. The molecule has 0 aromatic rings. The van der Waals surface area contributed by atoms with E-state index in [-0.39, 0.29) is 6.61 Å². The van der Waals surface area contributed by atoms with Gasteiger partial charge in [-0.2, -0.15) is 0 Å². The quantitative estimate of drug-likeness (QED) is 0.0441. The van der Waals surface area contributed by atoms with E-state index in [4.69, 9.17) is 0 Å². The van der Waals surface area contributed by atoms with Crippen molar-refractivity contribution in [1.82, 2.24) is 5.32 Å². The van der Waals surface area contributed by atoms with Crippen LogP contribution in [0.1, 0.15) is 187 Å². The van der Waals surface area contributed by atoms with Gasteiger partial charge < -0.3 is 20.6 Å². The Balaban J connectivity index is 3.68. The first kappa shape index (κ1) is 41.8. The lowest BCUT2D eigenvalue weighted by Gasteiger charge is -2.21. The van der Waals surface area contributed by atoms with Crippen molar-refractivity contribution in [1.29, 1.82) is 0 Å². The van der Waals surface area contributed by atoms with E-state index in [2.05, 4.69) is 31.3 Å². The SMILES string of the molecule is CCCCCCCCC/C=C/C(O)C(CO)NC(=O)C(O)CCCCCCCC/C=C\CCCCCCCCCCCC. The molecular formula is C38H73NO4. The Morgan fingerprint density at radius 1 is 0.558 bits per heavy atom. The van der Waals surface area contributed by atoms with Crippen molar-refractivity contribution in [3.05, 3.63) is 24.3 Å². The smallest absolute Gasteiger partial charge is 0.249 e. The van der Waals surface area contributed by atoms with Gasteiger partial charge in [-0.15, -0.1) is 0 Å². The summed E-state index contributed by atoms with van der Waals surface area (Å²) >= 11 is 0. The summed E-state index contributed by atoms with van der Waals surface area (Å²) in [6.45, 7) is 4.13. The number of carbonyl (C=O) groups is 1. The number of aliphatic hydroxyl groups is 3. The molecule has 0 aliphatic heterocycles. The number of aliphatic hydroxyl groups excluding tert-OH is 3. The van der Waals surface area contributed by atoms with E-state index in [0.29, 0.717) is 6.42 Å². The molecule has 0 bridgehead atoms. The molecule has 1 amide bonds. The molecule has 0 spiro atoms. The molecule has 0 rings (SSSR count). The van der Waals surface area contributed by atoms with Crippen LogP contribution in [0.3, 0.4) is 0 Å². The Labute approximate surface area is 267 Å². The number of carbonyl (C=O) groups excluding carboxylic acids is 1. The van der Waals surface area contributed by atoms with Gasteiger partial charge >= 0.3 is 0 Å². The van der Waals surface area contributed by atoms with E-state index in [1.54, 1.807) is 6.08 Å². The van der Waals surface area contributed by atoms with E-state index in [0.717, 1.165) is 32.1 Å². The largest absolute Gasteiger partial charge is 0.394 e. The summed E-state index contributed by atoms with van der Waals surface area (Å²) in [6, 6.07) is -0.795. The molecule has 0 aromatic carbocycles. The van der Waals surface area contributed by atoms with Crippen LogP contribution in [0, 0.1) is 0 Å². The molecule has 43 heavy (non-hydrogen) atoms. The van der Waals surface area contributed by atoms with E-state index in [9.17, 15) is 20.1 Å². The molecule has 0 aliphatic carbocycles. The molecule has 0 aliphatic rings. The lowest BCUT2D eigenvalue weighted by atomic mass is 10.0. The highest BCUT2D eigenvalue weighted by Crippen LogP contribution is 2.13. The van der Waals surface area contributed by atoms with E-state index >= 15 is 0 Å². The molecule has 0 saturated heterocycles. The molecule has 5 heteroatoms. The van der Waals surface area contributed by atoms with Crippen LogP contribution in [-0.4, -0.2) is 46.1 Å².